The molecule has 1 atom stereocenters. The van der Waals surface area contributed by atoms with Crippen molar-refractivity contribution in [1.29, 1.82) is 0 Å². The SMILES string of the molecule is CC(NS(=O)(=O)c1cccc2ccccc12)c1cccs1. The Morgan fingerprint density at radius 3 is 2.52 bits per heavy atom. The van der Waals surface area contributed by atoms with Gasteiger partial charge in [0.15, 0.2) is 0 Å². The molecule has 2 aromatic carbocycles. The third kappa shape index (κ3) is 2.85. The highest BCUT2D eigenvalue weighted by molar-refractivity contribution is 7.89. The molecule has 3 aromatic rings. The molecular weight excluding hydrogens is 302 g/mol. The van der Waals surface area contributed by atoms with Gasteiger partial charge in [-0.2, -0.15) is 0 Å². The van der Waals surface area contributed by atoms with Gasteiger partial charge in [0, 0.05) is 10.3 Å². The highest BCUT2D eigenvalue weighted by atomic mass is 32.2. The number of hydrogen-bond acceptors (Lipinski definition) is 3. The lowest BCUT2D eigenvalue weighted by Crippen LogP contribution is -2.26. The minimum Gasteiger partial charge on any atom is -0.207 e. The number of nitrogens with one attached hydrogen (secondary N) is 1. The summed E-state index contributed by atoms with van der Waals surface area (Å²) in [4.78, 5) is 1.32. The zero-order valence-corrected chi connectivity index (χ0v) is 13.1. The van der Waals surface area contributed by atoms with Gasteiger partial charge in [-0.15, -0.1) is 11.3 Å². The van der Waals surface area contributed by atoms with E-state index in [4.69, 9.17) is 0 Å². The molecule has 21 heavy (non-hydrogen) atoms. The van der Waals surface area contributed by atoms with Crippen LogP contribution in [0.15, 0.2) is 64.9 Å². The first-order valence-corrected chi connectivity index (χ1v) is 8.98. The van der Waals surface area contributed by atoms with E-state index in [1.54, 1.807) is 23.5 Å². The van der Waals surface area contributed by atoms with Gasteiger partial charge in [0.05, 0.1) is 10.9 Å². The Morgan fingerprint density at radius 1 is 1.00 bits per heavy atom. The third-order valence-electron chi connectivity index (χ3n) is 3.34. The van der Waals surface area contributed by atoms with Crippen molar-refractivity contribution < 1.29 is 8.42 Å². The first kappa shape index (κ1) is 14.3. The van der Waals surface area contributed by atoms with Crippen molar-refractivity contribution in [3.63, 3.8) is 0 Å². The summed E-state index contributed by atoms with van der Waals surface area (Å²) in [5.41, 5.74) is 0. The van der Waals surface area contributed by atoms with Gasteiger partial charge < -0.3 is 0 Å². The smallest absolute Gasteiger partial charge is 0.207 e. The summed E-state index contributed by atoms with van der Waals surface area (Å²) in [6.07, 6.45) is 0. The molecule has 0 aliphatic heterocycles. The fourth-order valence-corrected chi connectivity index (χ4v) is 4.58. The number of benzene rings is 2. The second-order valence-electron chi connectivity index (χ2n) is 4.84. The van der Waals surface area contributed by atoms with E-state index >= 15 is 0 Å². The predicted molar refractivity (Wildman–Crippen MR) is 87.0 cm³/mol. The second-order valence-corrected chi connectivity index (χ2v) is 7.50. The Kier molecular flexibility index (Phi) is 3.80. The molecule has 1 aromatic heterocycles. The molecule has 0 saturated carbocycles. The molecule has 0 radical (unpaired) electrons. The van der Waals surface area contributed by atoms with E-state index in [0.717, 1.165) is 15.6 Å². The van der Waals surface area contributed by atoms with Crippen LogP contribution in [0, 0.1) is 0 Å². The first-order valence-electron chi connectivity index (χ1n) is 6.61. The Hall–Kier alpha value is -1.69. The lowest BCUT2D eigenvalue weighted by molar-refractivity contribution is 0.569. The molecule has 3 rings (SSSR count). The van der Waals surface area contributed by atoms with Crippen LogP contribution < -0.4 is 4.72 Å². The van der Waals surface area contributed by atoms with Crippen molar-refractivity contribution in [2.45, 2.75) is 17.9 Å². The largest absolute Gasteiger partial charge is 0.241 e. The van der Waals surface area contributed by atoms with E-state index in [9.17, 15) is 8.42 Å². The van der Waals surface area contributed by atoms with E-state index in [1.807, 2.05) is 54.8 Å². The van der Waals surface area contributed by atoms with Crippen LogP contribution in [0.4, 0.5) is 0 Å². The fraction of sp³-hybridized carbons (Fsp3) is 0.125. The van der Waals surface area contributed by atoms with E-state index < -0.39 is 10.0 Å². The summed E-state index contributed by atoms with van der Waals surface area (Å²) in [5, 5.41) is 3.60. The van der Waals surface area contributed by atoms with E-state index in [-0.39, 0.29) is 6.04 Å². The van der Waals surface area contributed by atoms with Gasteiger partial charge in [0.1, 0.15) is 0 Å². The van der Waals surface area contributed by atoms with Crippen LogP contribution in [-0.2, 0) is 10.0 Å². The Labute approximate surface area is 128 Å². The Bertz CT molecular complexity index is 850. The highest BCUT2D eigenvalue weighted by Gasteiger charge is 2.20. The molecule has 1 N–H and O–H groups in total. The molecule has 3 nitrogen and oxygen atoms in total. The first-order chi connectivity index (χ1) is 10.1. The van der Waals surface area contributed by atoms with Crippen molar-refractivity contribution in [1.82, 2.24) is 4.72 Å². The quantitative estimate of drug-likeness (QED) is 0.792. The molecule has 0 aliphatic carbocycles. The average Bonchev–Trinajstić information content (AvgIpc) is 3.00. The topological polar surface area (TPSA) is 46.2 Å². The zero-order chi connectivity index (χ0) is 14.9. The normalized spacial score (nSPS) is 13.4. The molecule has 0 fully saturated rings. The molecule has 0 saturated heterocycles. The molecule has 0 aliphatic rings. The fourth-order valence-electron chi connectivity index (χ4n) is 2.32. The molecular formula is C16H15NO2S2. The zero-order valence-electron chi connectivity index (χ0n) is 11.5. The summed E-state index contributed by atoms with van der Waals surface area (Å²) in [6.45, 7) is 1.86. The van der Waals surface area contributed by atoms with Crippen LogP contribution in [-0.4, -0.2) is 8.42 Å². The molecule has 108 valence electrons. The van der Waals surface area contributed by atoms with Crippen molar-refractivity contribution in [3.8, 4) is 0 Å². The van der Waals surface area contributed by atoms with Crippen molar-refractivity contribution in [2.24, 2.45) is 0 Å². The Balaban J connectivity index is 2.01. The number of thiophene rings is 1. The molecule has 0 amide bonds. The second kappa shape index (κ2) is 5.60. The molecule has 0 bridgehead atoms. The van der Waals surface area contributed by atoms with Crippen LogP contribution in [0.5, 0.6) is 0 Å². The maximum Gasteiger partial charge on any atom is 0.241 e. The van der Waals surface area contributed by atoms with Gasteiger partial charge in [-0.25, -0.2) is 13.1 Å². The van der Waals surface area contributed by atoms with Gasteiger partial charge in [-0.3, -0.25) is 0 Å². The van der Waals surface area contributed by atoms with Crippen LogP contribution in [0.3, 0.4) is 0 Å². The third-order valence-corrected chi connectivity index (χ3v) is 5.99. The van der Waals surface area contributed by atoms with Crippen molar-refractivity contribution in [3.05, 3.63) is 64.9 Å². The Morgan fingerprint density at radius 2 is 1.76 bits per heavy atom. The standard InChI is InChI=1S/C16H15NO2S2/c1-12(15-9-5-11-20-15)17-21(18,19)16-10-4-7-13-6-2-3-8-14(13)16/h2-12,17H,1H3. The number of sulfonamides is 1. The number of rotatable bonds is 4. The van der Waals surface area contributed by atoms with Gasteiger partial charge >= 0.3 is 0 Å². The molecule has 1 unspecified atom stereocenters. The van der Waals surface area contributed by atoms with Crippen LogP contribution >= 0.6 is 11.3 Å². The monoisotopic (exact) mass is 317 g/mol. The van der Waals surface area contributed by atoms with Gasteiger partial charge in [0.25, 0.3) is 0 Å². The number of hydrogen-bond donors (Lipinski definition) is 1. The lowest BCUT2D eigenvalue weighted by atomic mass is 10.1. The van der Waals surface area contributed by atoms with Crippen LogP contribution in [0.1, 0.15) is 17.8 Å². The maximum absolute atomic E-state index is 12.6. The maximum atomic E-state index is 12.6. The van der Waals surface area contributed by atoms with E-state index in [1.165, 1.54) is 0 Å². The van der Waals surface area contributed by atoms with E-state index in [0.29, 0.717) is 4.90 Å². The summed E-state index contributed by atoms with van der Waals surface area (Å²) in [5.74, 6) is 0. The van der Waals surface area contributed by atoms with Gasteiger partial charge in [-0.1, -0.05) is 42.5 Å². The summed E-state index contributed by atoms with van der Waals surface area (Å²) < 4.78 is 28.0. The summed E-state index contributed by atoms with van der Waals surface area (Å²) in [7, 11) is -3.56. The lowest BCUT2D eigenvalue weighted by Gasteiger charge is -2.14. The summed E-state index contributed by atoms with van der Waals surface area (Å²) >= 11 is 1.54. The van der Waals surface area contributed by atoms with Crippen LogP contribution in [0.25, 0.3) is 10.8 Å². The molecule has 1 heterocycles. The van der Waals surface area contributed by atoms with Crippen molar-refractivity contribution >= 4 is 32.1 Å². The van der Waals surface area contributed by atoms with Gasteiger partial charge in [-0.05, 0) is 29.8 Å². The predicted octanol–water partition coefficient (Wildman–Crippen LogP) is 3.94. The van der Waals surface area contributed by atoms with Crippen LogP contribution in [0.2, 0.25) is 0 Å². The molecule has 5 heteroatoms. The number of fused-ring (bicyclic) bond motifs is 1. The van der Waals surface area contributed by atoms with Gasteiger partial charge in [0.2, 0.25) is 10.0 Å². The average molecular weight is 317 g/mol. The summed E-state index contributed by atoms with van der Waals surface area (Å²) in [6, 6.07) is 16.4. The molecule has 0 spiro atoms. The highest BCUT2D eigenvalue weighted by Crippen LogP contribution is 2.25. The minimum atomic E-state index is -3.56. The van der Waals surface area contributed by atoms with Crippen molar-refractivity contribution in [2.75, 3.05) is 0 Å². The minimum absolute atomic E-state index is 0.242. The van der Waals surface area contributed by atoms with E-state index in [2.05, 4.69) is 4.72 Å².